The lowest BCUT2D eigenvalue weighted by molar-refractivity contribution is -0.129. The molecular weight excluding hydrogens is 436 g/mol. The quantitative estimate of drug-likeness (QED) is 0.527. The zero-order valence-electron chi connectivity index (χ0n) is 8.84. The van der Waals surface area contributed by atoms with Crippen molar-refractivity contribution in [1.82, 2.24) is 0 Å². The fraction of sp³-hybridized carbons (Fsp3) is 0.400. The Morgan fingerprint density at radius 2 is 0.800 bits per heavy atom. The molecule has 10 heteroatoms. The third-order valence-electron chi connectivity index (χ3n) is 3.91. The van der Waals surface area contributed by atoms with Gasteiger partial charge in [0.25, 0.3) is 0 Å². The van der Waals surface area contributed by atoms with Crippen molar-refractivity contribution >= 4 is 104 Å². The molecule has 3 aliphatic carbocycles. The summed E-state index contributed by atoms with van der Waals surface area (Å²) in [7, 11) is 0. The van der Waals surface area contributed by atoms with Crippen LogP contribution in [0.4, 0.5) is 0 Å². The summed E-state index contributed by atoms with van der Waals surface area (Å²) in [5.74, 6) is -1.78. The first kappa shape index (κ1) is 16.0. The third kappa shape index (κ3) is 1.06. The predicted octanol–water partition coefficient (Wildman–Crippen LogP) is 4.45. The molecule has 0 saturated heterocycles. The van der Waals surface area contributed by atoms with Crippen molar-refractivity contribution in [2.24, 2.45) is 0 Å². The van der Waals surface area contributed by atoms with Crippen LogP contribution in [0.5, 0.6) is 0 Å². The number of halogens is 8. The van der Waals surface area contributed by atoms with E-state index in [0.29, 0.717) is 0 Å². The summed E-state index contributed by atoms with van der Waals surface area (Å²) in [5, 5.41) is -1.49. The molecule has 20 heavy (non-hydrogen) atoms. The average molecular weight is 436 g/mol. The Bertz CT molecular complexity index is 625. The number of hydrogen-bond acceptors (Lipinski definition) is 2. The van der Waals surface area contributed by atoms with E-state index in [4.69, 9.17) is 92.8 Å². The first-order valence-corrected chi connectivity index (χ1v) is 7.94. The van der Waals surface area contributed by atoms with Crippen molar-refractivity contribution in [2.75, 3.05) is 0 Å². The summed E-state index contributed by atoms with van der Waals surface area (Å²) in [6.07, 6.45) is 0. The van der Waals surface area contributed by atoms with Crippen LogP contribution in [0, 0.1) is 0 Å². The van der Waals surface area contributed by atoms with E-state index in [1.54, 1.807) is 0 Å². The molecule has 0 amide bonds. The van der Waals surface area contributed by atoms with E-state index in [2.05, 4.69) is 0 Å². The van der Waals surface area contributed by atoms with Crippen LogP contribution in [-0.4, -0.2) is 31.1 Å². The van der Waals surface area contributed by atoms with Gasteiger partial charge in [-0.3, -0.25) is 9.59 Å². The number of fused-ring (bicyclic) bond motifs is 4. The lowest BCUT2D eigenvalue weighted by Crippen LogP contribution is -2.88. The largest absolute Gasteiger partial charge is 0.291 e. The zero-order valence-corrected chi connectivity index (χ0v) is 14.9. The highest BCUT2D eigenvalue weighted by Gasteiger charge is 2.98. The first-order chi connectivity index (χ1) is 8.95. The number of carbonyl (C=O) groups excluding carboxylic acids is 2. The number of hydrogen-bond donors (Lipinski definition) is 0. The van der Waals surface area contributed by atoms with Crippen LogP contribution in [0.1, 0.15) is 0 Å². The maximum Gasteiger partial charge on any atom is 0.200 e. The number of carbonyl (C=O) groups is 2. The van der Waals surface area contributed by atoms with Gasteiger partial charge < -0.3 is 0 Å². The molecule has 3 rings (SSSR count). The Balaban J connectivity index is 2.42. The van der Waals surface area contributed by atoms with Crippen molar-refractivity contribution < 1.29 is 9.59 Å². The number of allylic oxidation sites excluding steroid dienone is 4. The molecule has 0 aromatic carbocycles. The normalized spacial score (nSPS) is 50.6. The molecule has 1 fully saturated rings. The van der Waals surface area contributed by atoms with E-state index in [9.17, 15) is 9.59 Å². The Kier molecular flexibility index (Phi) is 3.17. The zero-order chi connectivity index (χ0) is 15.5. The Hall–Kier alpha value is 1.14. The number of Topliss-reactive ketones (excluding diaryl/α,β-unsaturated/α-hetero) is 2. The highest BCUT2D eigenvalue weighted by molar-refractivity contribution is 6.76. The molecule has 0 spiro atoms. The van der Waals surface area contributed by atoms with Gasteiger partial charge in [0.2, 0.25) is 11.6 Å². The van der Waals surface area contributed by atoms with E-state index in [1.807, 2.05) is 0 Å². The standard InChI is InChI=1S/C10Cl8O2/c11-1-3(13)7(15)8(16)4(14)2(12)6(20)10(8,18)9(7,17)5(1)19/t7-,8-,9-,10-/m0/s1. The van der Waals surface area contributed by atoms with E-state index in [0.717, 1.165) is 0 Å². The predicted molar refractivity (Wildman–Crippen MR) is 81.8 cm³/mol. The molecule has 4 atom stereocenters. The molecule has 0 heterocycles. The maximum absolute atomic E-state index is 12.3. The van der Waals surface area contributed by atoms with Crippen molar-refractivity contribution in [3.8, 4) is 0 Å². The van der Waals surface area contributed by atoms with Crippen LogP contribution >= 0.6 is 92.8 Å². The van der Waals surface area contributed by atoms with Crippen molar-refractivity contribution in [3.05, 3.63) is 20.1 Å². The van der Waals surface area contributed by atoms with Crippen molar-refractivity contribution in [2.45, 2.75) is 19.5 Å². The molecule has 0 unspecified atom stereocenters. The van der Waals surface area contributed by atoms with Gasteiger partial charge in [0, 0.05) is 0 Å². The van der Waals surface area contributed by atoms with Crippen molar-refractivity contribution in [3.63, 3.8) is 0 Å². The molecule has 108 valence electrons. The lowest BCUT2D eigenvalue weighted by Gasteiger charge is -2.65. The smallest absolute Gasteiger partial charge is 0.200 e. The molecule has 3 aliphatic rings. The van der Waals surface area contributed by atoms with Gasteiger partial charge >= 0.3 is 0 Å². The maximum atomic E-state index is 12.3. The number of rotatable bonds is 0. The SMILES string of the molecule is O=C1C(Cl)=C(Cl)[C@@]2(Cl)[C@]1(Cl)[C@]1(Cl)C(=O)C(Cl)=C(Cl)[C@@]12Cl. The van der Waals surface area contributed by atoms with E-state index >= 15 is 0 Å². The number of ketones is 2. The summed E-state index contributed by atoms with van der Waals surface area (Å²) in [5.41, 5.74) is 0. The second kappa shape index (κ2) is 3.96. The van der Waals surface area contributed by atoms with E-state index < -0.39 is 41.1 Å². The second-order valence-corrected chi connectivity index (χ2v) is 8.33. The average Bonchev–Trinajstić information content (AvgIpc) is 2.64. The minimum Gasteiger partial charge on any atom is -0.291 e. The molecule has 0 N–H and O–H groups in total. The van der Waals surface area contributed by atoms with Crippen LogP contribution in [0.3, 0.4) is 0 Å². The van der Waals surface area contributed by atoms with Crippen LogP contribution in [0.15, 0.2) is 20.1 Å². The van der Waals surface area contributed by atoms with Gasteiger partial charge in [0.1, 0.15) is 19.8 Å². The minimum atomic E-state index is -2.16. The first-order valence-electron chi connectivity index (χ1n) is 4.92. The molecule has 1 saturated carbocycles. The van der Waals surface area contributed by atoms with Gasteiger partial charge in [-0.25, -0.2) is 0 Å². The van der Waals surface area contributed by atoms with Crippen LogP contribution in [-0.2, 0) is 9.59 Å². The molecule has 0 radical (unpaired) electrons. The van der Waals surface area contributed by atoms with Gasteiger partial charge in [-0.2, -0.15) is 0 Å². The molecule has 2 nitrogen and oxygen atoms in total. The molecule has 0 aromatic rings. The van der Waals surface area contributed by atoms with Gasteiger partial charge in [-0.15, -0.1) is 46.4 Å². The van der Waals surface area contributed by atoms with E-state index in [-0.39, 0.29) is 10.1 Å². The Labute approximate surface area is 152 Å². The molecule has 0 aromatic heterocycles. The summed E-state index contributed by atoms with van der Waals surface area (Å²) in [4.78, 5) is 16.3. The fourth-order valence-electron chi connectivity index (χ4n) is 2.92. The van der Waals surface area contributed by atoms with E-state index in [1.165, 1.54) is 0 Å². The van der Waals surface area contributed by atoms with Gasteiger partial charge in [-0.1, -0.05) is 46.4 Å². The Morgan fingerprint density at radius 1 is 0.550 bits per heavy atom. The van der Waals surface area contributed by atoms with Crippen LogP contribution < -0.4 is 0 Å². The topological polar surface area (TPSA) is 34.1 Å². The van der Waals surface area contributed by atoms with Crippen LogP contribution in [0.2, 0.25) is 0 Å². The minimum absolute atomic E-state index is 0.315. The van der Waals surface area contributed by atoms with Crippen LogP contribution in [0.25, 0.3) is 0 Å². The van der Waals surface area contributed by atoms with Crippen molar-refractivity contribution in [1.29, 1.82) is 0 Å². The monoisotopic (exact) mass is 432 g/mol. The summed E-state index contributed by atoms with van der Waals surface area (Å²) < 4.78 is 0. The summed E-state index contributed by atoms with van der Waals surface area (Å²) in [6.45, 7) is 0. The third-order valence-corrected chi connectivity index (χ3v) is 9.34. The second-order valence-electron chi connectivity index (χ2n) is 4.55. The van der Waals surface area contributed by atoms with Gasteiger partial charge in [0.15, 0.2) is 9.75 Å². The highest BCUT2D eigenvalue weighted by Crippen LogP contribution is 2.82. The summed E-state index contributed by atoms with van der Waals surface area (Å²) >= 11 is 48.9. The van der Waals surface area contributed by atoms with Gasteiger partial charge in [0.05, 0.1) is 10.1 Å². The Morgan fingerprint density at radius 3 is 1.05 bits per heavy atom. The number of alkyl halides is 4. The van der Waals surface area contributed by atoms with Gasteiger partial charge in [-0.05, 0) is 0 Å². The molecule has 0 bridgehead atoms. The lowest BCUT2D eigenvalue weighted by atomic mass is 9.55. The fourth-order valence-corrected chi connectivity index (χ4v) is 7.04. The molecular formula is C10Cl8O2. The molecule has 0 aliphatic heterocycles. The highest BCUT2D eigenvalue weighted by atomic mass is 35.5. The summed E-state index contributed by atoms with van der Waals surface area (Å²) in [6, 6.07) is 0.